The Morgan fingerprint density at radius 1 is 1.30 bits per heavy atom. The summed E-state index contributed by atoms with van der Waals surface area (Å²) in [7, 11) is 0. The average molecular weight is 268 g/mol. The molecule has 0 spiro atoms. The van der Waals surface area contributed by atoms with Crippen molar-refractivity contribution in [3.8, 4) is 0 Å². The van der Waals surface area contributed by atoms with Gasteiger partial charge in [-0.05, 0) is 43.2 Å². The number of aromatic amines is 1. The van der Waals surface area contributed by atoms with Gasteiger partial charge < -0.3 is 9.88 Å². The van der Waals surface area contributed by atoms with Crippen LogP contribution in [0, 0.1) is 5.92 Å². The number of amides is 1. The number of nitrogens with zero attached hydrogens (tertiary/aromatic N) is 1. The van der Waals surface area contributed by atoms with Crippen LogP contribution in [0.5, 0.6) is 0 Å². The first-order valence-corrected chi connectivity index (χ1v) is 7.62. The molecule has 1 N–H and O–H groups in total. The van der Waals surface area contributed by atoms with E-state index in [9.17, 15) is 4.79 Å². The number of aromatic nitrogens is 1. The van der Waals surface area contributed by atoms with E-state index in [1.807, 2.05) is 0 Å². The molecule has 0 radical (unpaired) electrons. The third kappa shape index (κ3) is 1.62. The summed E-state index contributed by atoms with van der Waals surface area (Å²) in [5, 5.41) is 1.34. The molecule has 1 saturated heterocycles. The minimum Gasteiger partial charge on any atom is -0.356 e. The highest BCUT2D eigenvalue weighted by atomic mass is 16.2. The molecule has 4 rings (SSSR count). The van der Waals surface area contributed by atoms with Crippen molar-refractivity contribution in [3.63, 3.8) is 0 Å². The Morgan fingerprint density at radius 2 is 2.15 bits per heavy atom. The minimum absolute atomic E-state index is 0.214. The molecular weight excluding hydrogens is 248 g/mol. The molecule has 1 amide bonds. The normalized spacial score (nSPS) is 25.4. The summed E-state index contributed by atoms with van der Waals surface area (Å²) in [5.74, 6) is 0.847. The number of nitrogens with one attached hydrogen (secondary N) is 1. The highest BCUT2D eigenvalue weighted by Gasteiger charge is 2.39. The number of rotatable bonds is 0. The molecular formula is C17H20N2O. The van der Waals surface area contributed by atoms with Gasteiger partial charge in [-0.3, -0.25) is 4.79 Å². The number of benzene rings is 1. The first-order chi connectivity index (χ1) is 9.75. The van der Waals surface area contributed by atoms with Crippen LogP contribution in [0.1, 0.15) is 43.5 Å². The molecule has 1 aromatic heterocycles. The Labute approximate surface area is 119 Å². The third-order valence-corrected chi connectivity index (χ3v) is 5.07. The van der Waals surface area contributed by atoms with Crippen LogP contribution in [-0.2, 0) is 11.2 Å². The zero-order valence-electron chi connectivity index (χ0n) is 11.9. The molecule has 2 heterocycles. The predicted molar refractivity (Wildman–Crippen MR) is 79.5 cm³/mol. The van der Waals surface area contributed by atoms with Crippen molar-refractivity contribution in [2.75, 3.05) is 6.54 Å². The maximum atomic E-state index is 12.0. The van der Waals surface area contributed by atoms with Crippen LogP contribution in [0.3, 0.4) is 0 Å². The van der Waals surface area contributed by atoms with E-state index >= 15 is 0 Å². The Balaban J connectivity index is 1.88. The van der Waals surface area contributed by atoms with Gasteiger partial charge in [-0.2, -0.15) is 0 Å². The summed E-state index contributed by atoms with van der Waals surface area (Å²) >= 11 is 0. The second-order valence-electron chi connectivity index (χ2n) is 6.16. The Bertz CT molecular complexity index is 673. The van der Waals surface area contributed by atoms with Gasteiger partial charge in [0.1, 0.15) is 0 Å². The van der Waals surface area contributed by atoms with Crippen LogP contribution in [0.2, 0.25) is 0 Å². The monoisotopic (exact) mass is 268 g/mol. The fraction of sp³-hybridized carbons (Fsp3) is 0.471. The highest BCUT2D eigenvalue weighted by Crippen LogP contribution is 2.45. The largest absolute Gasteiger partial charge is 0.356 e. The number of H-pyrrole nitrogens is 1. The van der Waals surface area contributed by atoms with Gasteiger partial charge in [0.2, 0.25) is 5.91 Å². The predicted octanol–water partition coefficient (Wildman–Crippen LogP) is 3.41. The van der Waals surface area contributed by atoms with Gasteiger partial charge >= 0.3 is 0 Å². The molecule has 1 fully saturated rings. The van der Waals surface area contributed by atoms with Crippen LogP contribution < -0.4 is 0 Å². The number of likely N-dealkylation sites (tertiary alicyclic amines) is 1. The fourth-order valence-electron chi connectivity index (χ4n) is 4.19. The maximum Gasteiger partial charge on any atom is 0.220 e. The molecule has 1 aromatic carbocycles. The van der Waals surface area contributed by atoms with Crippen LogP contribution in [-0.4, -0.2) is 22.3 Å². The average Bonchev–Trinajstić information content (AvgIpc) is 2.85. The van der Waals surface area contributed by atoms with E-state index in [1.165, 1.54) is 35.0 Å². The van der Waals surface area contributed by atoms with Gasteiger partial charge in [-0.25, -0.2) is 0 Å². The molecule has 1 aliphatic carbocycles. The first kappa shape index (κ1) is 12.0. The smallest absolute Gasteiger partial charge is 0.220 e. The first-order valence-electron chi connectivity index (χ1n) is 7.62. The maximum absolute atomic E-state index is 12.0. The lowest BCUT2D eigenvalue weighted by atomic mass is 9.77. The lowest BCUT2D eigenvalue weighted by Gasteiger charge is -2.43. The number of hydrogen-bond acceptors (Lipinski definition) is 1. The number of fused-ring (bicyclic) bond motifs is 5. The summed E-state index contributed by atoms with van der Waals surface area (Å²) in [4.78, 5) is 17.7. The molecule has 1 aliphatic heterocycles. The quantitative estimate of drug-likeness (QED) is 0.781. The summed E-state index contributed by atoms with van der Waals surface area (Å²) < 4.78 is 0. The standard InChI is InChI=1S/C17H20N2O/c1-11(20)19-10-4-5-12-8-9-14-13-6-2-3-7-15(13)18-16(14)17(12)19/h2-3,6-7,12,17-18H,4-5,8-10H2,1H3/t12-,17+/m0/s1. The summed E-state index contributed by atoms with van der Waals surface area (Å²) in [6, 6.07) is 8.80. The summed E-state index contributed by atoms with van der Waals surface area (Å²) in [5.41, 5.74) is 3.96. The van der Waals surface area contributed by atoms with Crippen molar-refractivity contribution in [1.82, 2.24) is 9.88 Å². The molecule has 20 heavy (non-hydrogen) atoms. The van der Waals surface area contributed by atoms with Gasteiger partial charge in [0, 0.05) is 30.1 Å². The summed E-state index contributed by atoms with van der Waals surface area (Å²) in [6.07, 6.45) is 4.76. The highest BCUT2D eigenvalue weighted by molar-refractivity contribution is 5.85. The third-order valence-electron chi connectivity index (χ3n) is 5.07. The molecule has 2 aromatic rings. The van der Waals surface area contributed by atoms with E-state index in [2.05, 4.69) is 34.1 Å². The lowest BCUT2D eigenvalue weighted by molar-refractivity contribution is -0.134. The van der Waals surface area contributed by atoms with Crippen LogP contribution in [0.15, 0.2) is 24.3 Å². The van der Waals surface area contributed by atoms with Gasteiger partial charge in [0.15, 0.2) is 0 Å². The number of carbonyl (C=O) groups is 1. The van der Waals surface area contributed by atoms with Crippen LogP contribution >= 0.6 is 0 Å². The number of piperidine rings is 1. The van der Waals surface area contributed by atoms with Gasteiger partial charge in [0.25, 0.3) is 0 Å². The van der Waals surface area contributed by atoms with Crippen molar-refractivity contribution in [1.29, 1.82) is 0 Å². The Hall–Kier alpha value is -1.77. The van der Waals surface area contributed by atoms with Crippen LogP contribution in [0.4, 0.5) is 0 Å². The van der Waals surface area contributed by atoms with Crippen molar-refractivity contribution >= 4 is 16.8 Å². The van der Waals surface area contributed by atoms with E-state index in [0.717, 1.165) is 19.4 Å². The minimum atomic E-state index is 0.214. The Morgan fingerprint density at radius 3 is 3.00 bits per heavy atom. The fourth-order valence-corrected chi connectivity index (χ4v) is 4.19. The SMILES string of the molecule is CC(=O)N1CCC[C@H]2CCc3c([nH]c4ccccc34)[C@@H]21. The van der Waals surface area contributed by atoms with Gasteiger partial charge in [0.05, 0.1) is 6.04 Å². The number of aryl methyl sites for hydroxylation is 1. The zero-order valence-corrected chi connectivity index (χ0v) is 11.9. The van der Waals surface area contributed by atoms with Crippen molar-refractivity contribution in [3.05, 3.63) is 35.5 Å². The van der Waals surface area contributed by atoms with Crippen molar-refractivity contribution in [2.24, 2.45) is 5.92 Å². The van der Waals surface area contributed by atoms with E-state index in [1.54, 1.807) is 6.92 Å². The second kappa shape index (κ2) is 4.37. The van der Waals surface area contributed by atoms with E-state index < -0.39 is 0 Å². The molecule has 3 heteroatoms. The van der Waals surface area contributed by atoms with Crippen LogP contribution in [0.25, 0.3) is 10.9 Å². The molecule has 3 nitrogen and oxygen atoms in total. The molecule has 2 atom stereocenters. The Kier molecular flexibility index (Phi) is 2.62. The number of hydrogen-bond donors (Lipinski definition) is 1. The van der Waals surface area contributed by atoms with E-state index in [-0.39, 0.29) is 11.9 Å². The number of para-hydroxylation sites is 1. The van der Waals surface area contributed by atoms with Gasteiger partial charge in [-0.15, -0.1) is 0 Å². The molecule has 2 aliphatic rings. The molecule has 0 saturated carbocycles. The van der Waals surface area contributed by atoms with E-state index in [0.29, 0.717) is 5.92 Å². The van der Waals surface area contributed by atoms with Crippen molar-refractivity contribution < 1.29 is 4.79 Å². The lowest BCUT2D eigenvalue weighted by Crippen LogP contribution is -2.43. The zero-order chi connectivity index (χ0) is 13.7. The number of carbonyl (C=O) groups excluding carboxylic acids is 1. The topological polar surface area (TPSA) is 36.1 Å². The van der Waals surface area contributed by atoms with E-state index in [4.69, 9.17) is 0 Å². The molecule has 0 unspecified atom stereocenters. The molecule has 104 valence electrons. The second-order valence-corrected chi connectivity index (χ2v) is 6.16. The van der Waals surface area contributed by atoms with Gasteiger partial charge in [-0.1, -0.05) is 18.2 Å². The molecule has 0 bridgehead atoms. The van der Waals surface area contributed by atoms with Crippen molar-refractivity contribution in [2.45, 2.75) is 38.6 Å². The summed E-state index contributed by atoms with van der Waals surface area (Å²) in [6.45, 7) is 2.62.